The van der Waals surface area contributed by atoms with Crippen molar-refractivity contribution in [1.82, 2.24) is 14.7 Å². The van der Waals surface area contributed by atoms with E-state index in [0.717, 1.165) is 5.75 Å². The Balaban J connectivity index is 1.58. The van der Waals surface area contributed by atoms with Gasteiger partial charge < -0.3 is 19.1 Å². The van der Waals surface area contributed by atoms with Crippen molar-refractivity contribution in [3.63, 3.8) is 0 Å². The van der Waals surface area contributed by atoms with Gasteiger partial charge in [0.2, 0.25) is 0 Å². The van der Waals surface area contributed by atoms with Crippen LogP contribution < -0.4 is 4.74 Å². The lowest BCUT2D eigenvalue weighted by Crippen LogP contribution is -2.42. The summed E-state index contributed by atoms with van der Waals surface area (Å²) in [5.41, 5.74) is 0.891. The Morgan fingerprint density at radius 1 is 1.02 bits per heavy atom. The van der Waals surface area contributed by atoms with Gasteiger partial charge in [-0.05, 0) is 89.8 Å². The smallest absolute Gasteiger partial charge is 0.410 e. The van der Waals surface area contributed by atoms with Crippen LogP contribution in [-0.4, -0.2) is 52.0 Å². The molecule has 1 aliphatic rings. The van der Waals surface area contributed by atoms with Crippen molar-refractivity contribution in [2.24, 2.45) is 0 Å². The second kappa shape index (κ2) is 12.2. The standard InChI is InChI=1S/C31H36N4O5/c1-6-38-29(36)28-26(20-32)27(21-12-18-25(19-13-21)39-24-10-8-7-9-11-24)33-35(28)23-16-14-22(15-17-23)34(5)30(37)40-31(2,3)4/h7-13,18-19,22-23H,6,14-17H2,1-5H3/t22-,23+. The second-order valence-corrected chi connectivity index (χ2v) is 10.8. The molecule has 4 rings (SSSR count). The van der Waals surface area contributed by atoms with Gasteiger partial charge in [0.1, 0.15) is 34.4 Å². The highest BCUT2D eigenvalue weighted by molar-refractivity contribution is 5.93. The number of carbonyl (C=O) groups excluding carboxylic acids is 2. The molecule has 1 amide bonds. The zero-order chi connectivity index (χ0) is 28.9. The highest BCUT2D eigenvalue weighted by Crippen LogP contribution is 2.36. The summed E-state index contributed by atoms with van der Waals surface area (Å²) >= 11 is 0. The van der Waals surface area contributed by atoms with Crippen LogP contribution in [0, 0.1) is 11.3 Å². The minimum absolute atomic E-state index is 0.0137. The molecule has 0 saturated heterocycles. The van der Waals surface area contributed by atoms with Crippen molar-refractivity contribution in [3.05, 3.63) is 65.9 Å². The first kappa shape index (κ1) is 28.7. The summed E-state index contributed by atoms with van der Waals surface area (Å²) in [6, 6.07) is 18.8. The zero-order valence-electron chi connectivity index (χ0n) is 23.7. The third-order valence-electron chi connectivity index (χ3n) is 6.84. The molecule has 0 aliphatic heterocycles. The van der Waals surface area contributed by atoms with Gasteiger partial charge in [0.25, 0.3) is 0 Å². The lowest BCUT2D eigenvalue weighted by molar-refractivity contribution is 0.0172. The van der Waals surface area contributed by atoms with Crippen LogP contribution in [0.25, 0.3) is 11.3 Å². The summed E-state index contributed by atoms with van der Waals surface area (Å²) < 4.78 is 18.4. The number of hydrogen-bond donors (Lipinski definition) is 0. The average Bonchev–Trinajstić information content (AvgIpc) is 3.33. The van der Waals surface area contributed by atoms with Gasteiger partial charge in [-0.2, -0.15) is 10.4 Å². The van der Waals surface area contributed by atoms with Gasteiger partial charge in [0, 0.05) is 18.7 Å². The van der Waals surface area contributed by atoms with Gasteiger partial charge in [-0.15, -0.1) is 0 Å². The Hall–Kier alpha value is -4.32. The minimum atomic E-state index is -0.574. The molecule has 210 valence electrons. The highest BCUT2D eigenvalue weighted by Gasteiger charge is 2.34. The molecule has 0 unspecified atom stereocenters. The first-order valence-corrected chi connectivity index (χ1v) is 13.6. The Morgan fingerprint density at radius 3 is 2.23 bits per heavy atom. The van der Waals surface area contributed by atoms with Crippen LogP contribution >= 0.6 is 0 Å². The number of amides is 1. The zero-order valence-corrected chi connectivity index (χ0v) is 23.7. The van der Waals surface area contributed by atoms with E-state index in [4.69, 9.17) is 19.3 Å². The van der Waals surface area contributed by atoms with Gasteiger partial charge in [0.15, 0.2) is 5.69 Å². The van der Waals surface area contributed by atoms with E-state index in [1.54, 1.807) is 23.6 Å². The lowest BCUT2D eigenvalue weighted by Gasteiger charge is -2.35. The first-order valence-electron chi connectivity index (χ1n) is 13.6. The van der Waals surface area contributed by atoms with E-state index in [2.05, 4.69) is 6.07 Å². The number of nitriles is 1. The van der Waals surface area contributed by atoms with Gasteiger partial charge >= 0.3 is 12.1 Å². The molecule has 1 fully saturated rings. The Labute approximate surface area is 235 Å². The molecule has 2 aromatic carbocycles. The van der Waals surface area contributed by atoms with E-state index in [1.807, 2.05) is 75.4 Å². The number of para-hydroxylation sites is 1. The fraction of sp³-hybridized carbons (Fsp3) is 0.419. The van der Waals surface area contributed by atoms with Gasteiger partial charge in [-0.3, -0.25) is 4.68 Å². The van der Waals surface area contributed by atoms with Gasteiger partial charge in [0.05, 0.1) is 12.6 Å². The van der Waals surface area contributed by atoms with Gasteiger partial charge in [-0.1, -0.05) is 18.2 Å². The summed E-state index contributed by atoms with van der Waals surface area (Å²) in [6.07, 6.45) is 2.44. The maximum Gasteiger partial charge on any atom is 0.410 e. The van der Waals surface area contributed by atoms with Crippen LogP contribution in [0.2, 0.25) is 0 Å². The van der Waals surface area contributed by atoms with E-state index in [-0.39, 0.29) is 36.0 Å². The fourth-order valence-corrected chi connectivity index (χ4v) is 4.88. The molecule has 0 spiro atoms. The van der Waals surface area contributed by atoms with E-state index < -0.39 is 11.6 Å². The SMILES string of the molecule is CCOC(=O)c1c(C#N)c(-c2ccc(Oc3ccccc3)cc2)nn1[C@H]1CC[C@@H](N(C)C(=O)OC(C)(C)C)CC1. The quantitative estimate of drug-likeness (QED) is 0.303. The van der Waals surface area contributed by atoms with Crippen LogP contribution in [0.15, 0.2) is 54.6 Å². The predicted octanol–water partition coefficient (Wildman–Crippen LogP) is 6.74. The molecule has 9 heteroatoms. The Kier molecular flexibility index (Phi) is 8.78. The number of benzene rings is 2. The molecule has 0 radical (unpaired) electrons. The number of nitrogens with zero attached hydrogens (tertiary/aromatic N) is 4. The summed E-state index contributed by atoms with van der Waals surface area (Å²) in [4.78, 5) is 27.3. The number of ether oxygens (including phenoxy) is 3. The molecule has 9 nitrogen and oxygen atoms in total. The van der Waals surface area contributed by atoms with Crippen molar-refractivity contribution in [2.75, 3.05) is 13.7 Å². The molecular weight excluding hydrogens is 508 g/mol. The van der Waals surface area contributed by atoms with Crippen molar-refractivity contribution in [1.29, 1.82) is 5.26 Å². The number of hydrogen-bond acceptors (Lipinski definition) is 7. The van der Waals surface area contributed by atoms with Crippen LogP contribution in [0.5, 0.6) is 11.5 Å². The summed E-state index contributed by atoms with van der Waals surface area (Å²) in [5.74, 6) is 0.788. The second-order valence-electron chi connectivity index (χ2n) is 10.8. The molecule has 1 aromatic heterocycles. The highest BCUT2D eigenvalue weighted by atomic mass is 16.6. The van der Waals surface area contributed by atoms with E-state index in [9.17, 15) is 14.9 Å². The lowest BCUT2D eigenvalue weighted by atomic mass is 9.90. The predicted molar refractivity (Wildman–Crippen MR) is 150 cm³/mol. The Morgan fingerprint density at radius 2 is 1.65 bits per heavy atom. The monoisotopic (exact) mass is 544 g/mol. The van der Waals surface area contributed by atoms with Crippen LogP contribution in [0.4, 0.5) is 4.79 Å². The summed E-state index contributed by atoms with van der Waals surface area (Å²) in [6.45, 7) is 7.45. The van der Waals surface area contributed by atoms with Crippen molar-refractivity contribution < 1.29 is 23.8 Å². The molecule has 1 saturated carbocycles. The van der Waals surface area contributed by atoms with Crippen LogP contribution in [0.3, 0.4) is 0 Å². The van der Waals surface area contributed by atoms with Crippen molar-refractivity contribution in [2.45, 2.75) is 71.1 Å². The largest absolute Gasteiger partial charge is 0.461 e. The third-order valence-corrected chi connectivity index (χ3v) is 6.84. The molecule has 0 atom stereocenters. The Bertz CT molecular complexity index is 1360. The third kappa shape index (κ3) is 6.63. The first-order chi connectivity index (χ1) is 19.1. The number of rotatable bonds is 7. The molecule has 1 aliphatic carbocycles. The average molecular weight is 545 g/mol. The topological polar surface area (TPSA) is 107 Å². The molecule has 0 bridgehead atoms. The van der Waals surface area contributed by atoms with Crippen molar-refractivity contribution in [3.8, 4) is 28.8 Å². The molecular formula is C31H36N4O5. The maximum atomic E-state index is 13.1. The van der Waals surface area contributed by atoms with Crippen molar-refractivity contribution >= 4 is 12.1 Å². The van der Waals surface area contributed by atoms with Crippen LogP contribution in [-0.2, 0) is 9.47 Å². The molecule has 3 aromatic rings. The maximum absolute atomic E-state index is 13.1. The number of esters is 1. The van der Waals surface area contributed by atoms with Gasteiger partial charge in [-0.25, -0.2) is 9.59 Å². The molecule has 40 heavy (non-hydrogen) atoms. The van der Waals surface area contributed by atoms with E-state index >= 15 is 0 Å². The normalized spacial score (nSPS) is 17.0. The minimum Gasteiger partial charge on any atom is -0.461 e. The molecule has 1 heterocycles. The molecule has 0 N–H and O–H groups in total. The van der Waals surface area contributed by atoms with Crippen LogP contribution in [0.1, 0.15) is 75.5 Å². The van der Waals surface area contributed by atoms with E-state index in [0.29, 0.717) is 42.7 Å². The summed E-state index contributed by atoms with van der Waals surface area (Å²) in [5, 5.41) is 14.9. The number of carbonyl (C=O) groups is 2. The van der Waals surface area contributed by atoms with E-state index in [1.165, 1.54) is 0 Å². The summed E-state index contributed by atoms with van der Waals surface area (Å²) in [7, 11) is 1.76. The fourth-order valence-electron chi connectivity index (χ4n) is 4.88. The number of aromatic nitrogens is 2.